The molecule has 0 amide bonds. The number of aromatic nitrogens is 3. The number of hydrogen-bond acceptors (Lipinski definition) is 4. The van der Waals surface area contributed by atoms with Gasteiger partial charge in [0.2, 0.25) is 0 Å². The summed E-state index contributed by atoms with van der Waals surface area (Å²) in [5.41, 5.74) is 7.17. The van der Waals surface area contributed by atoms with Crippen LogP contribution in [0.1, 0.15) is 12.7 Å². The third-order valence-corrected chi connectivity index (χ3v) is 4.42. The van der Waals surface area contributed by atoms with Crippen LogP contribution in [-0.4, -0.2) is 58.3 Å². The van der Waals surface area contributed by atoms with Gasteiger partial charge >= 0.3 is 0 Å². The number of rotatable bonds is 5. The van der Waals surface area contributed by atoms with Crippen LogP contribution in [0, 0.1) is 5.82 Å². The van der Waals surface area contributed by atoms with Crippen molar-refractivity contribution in [2.75, 3.05) is 37.6 Å². The van der Waals surface area contributed by atoms with Crippen LogP contribution >= 0.6 is 0 Å². The summed E-state index contributed by atoms with van der Waals surface area (Å²) < 4.78 is 15.0. The van der Waals surface area contributed by atoms with Crippen molar-refractivity contribution in [2.45, 2.75) is 19.9 Å². The van der Waals surface area contributed by atoms with E-state index in [0.29, 0.717) is 12.5 Å². The molecule has 1 fully saturated rings. The van der Waals surface area contributed by atoms with Gasteiger partial charge in [-0.2, -0.15) is 0 Å². The highest BCUT2D eigenvalue weighted by atomic mass is 19.1. The van der Waals surface area contributed by atoms with Crippen LogP contribution in [0.25, 0.3) is 0 Å². The minimum atomic E-state index is -0.210. The van der Waals surface area contributed by atoms with Gasteiger partial charge in [0.25, 0.3) is 0 Å². The van der Waals surface area contributed by atoms with E-state index in [2.05, 4.69) is 31.9 Å². The summed E-state index contributed by atoms with van der Waals surface area (Å²) in [6.07, 6.45) is 2.58. The van der Waals surface area contributed by atoms with Gasteiger partial charge in [0.05, 0.1) is 6.54 Å². The number of benzene rings is 1. The maximum Gasteiger partial charge on any atom is 0.191 e. The van der Waals surface area contributed by atoms with E-state index in [1.165, 1.54) is 12.1 Å². The Labute approximate surface area is 147 Å². The SMILES string of the molecule is CCc1nncn1CCN=C(N)N1CCN(c2ccc(F)cc2)CC1. The van der Waals surface area contributed by atoms with E-state index in [9.17, 15) is 4.39 Å². The summed E-state index contributed by atoms with van der Waals surface area (Å²) in [5, 5.41) is 7.98. The topological polar surface area (TPSA) is 75.6 Å². The van der Waals surface area contributed by atoms with Crippen molar-refractivity contribution in [3.05, 3.63) is 42.2 Å². The van der Waals surface area contributed by atoms with Gasteiger partial charge in [0.15, 0.2) is 5.96 Å². The van der Waals surface area contributed by atoms with E-state index < -0.39 is 0 Å². The zero-order chi connectivity index (χ0) is 17.6. The average molecular weight is 345 g/mol. The Bertz CT molecular complexity index is 702. The summed E-state index contributed by atoms with van der Waals surface area (Å²) in [5.74, 6) is 1.32. The number of nitrogens with zero attached hydrogens (tertiary/aromatic N) is 6. The lowest BCUT2D eigenvalue weighted by Gasteiger charge is -2.36. The van der Waals surface area contributed by atoms with Crippen molar-refractivity contribution in [1.82, 2.24) is 19.7 Å². The number of anilines is 1. The lowest BCUT2D eigenvalue weighted by Crippen LogP contribution is -2.51. The Kier molecular flexibility index (Phi) is 5.47. The van der Waals surface area contributed by atoms with Crippen molar-refractivity contribution in [3.63, 3.8) is 0 Å². The van der Waals surface area contributed by atoms with Crippen molar-refractivity contribution >= 4 is 11.6 Å². The average Bonchev–Trinajstić information content (AvgIpc) is 3.10. The number of nitrogens with two attached hydrogens (primary N) is 1. The lowest BCUT2D eigenvalue weighted by atomic mass is 10.2. The van der Waals surface area contributed by atoms with Crippen LogP contribution in [0.4, 0.5) is 10.1 Å². The molecule has 0 spiro atoms. The van der Waals surface area contributed by atoms with Crippen LogP contribution < -0.4 is 10.6 Å². The highest BCUT2D eigenvalue weighted by Crippen LogP contribution is 2.16. The van der Waals surface area contributed by atoms with Gasteiger partial charge < -0.3 is 20.1 Å². The number of guanidine groups is 1. The molecule has 1 aromatic carbocycles. The second-order valence-electron chi connectivity index (χ2n) is 5.98. The second kappa shape index (κ2) is 7.96. The summed E-state index contributed by atoms with van der Waals surface area (Å²) in [7, 11) is 0. The maximum atomic E-state index is 13.0. The molecule has 25 heavy (non-hydrogen) atoms. The standard InChI is InChI=1S/C17H24FN7/c1-2-16-22-21-13-25(16)8-7-20-17(19)24-11-9-23(10-12-24)15-5-3-14(18)4-6-15/h3-6,13H,2,7-12H2,1H3,(H2,19,20). The number of piperazine rings is 1. The molecule has 1 aliphatic rings. The molecule has 134 valence electrons. The monoisotopic (exact) mass is 345 g/mol. The Morgan fingerprint density at radius 2 is 1.92 bits per heavy atom. The molecule has 0 bridgehead atoms. The van der Waals surface area contributed by atoms with Crippen LogP contribution in [-0.2, 0) is 13.0 Å². The van der Waals surface area contributed by atoms with Gasteiger partial charge in [-0.3, -0.25) is 4.99 Å². The molecular formula is C17H24FN7. The van der Waals surface area contributed by atoms with Gasteiger partial charge in [-0.25, -0.2) is 4.39 Å². The van der Waals surface area contributed by atoms with Crippen molar-refractivity contribution in [1.29, 1.82) is 0 Å². The predicted octanol–water partition coefficient (Wildman–Crippen LogP) is 1.12. The molecule has 0 unspecified atom stereocenters. The molecule has 2 heterocycles. The summed E-state index contributed by atoms with van der Waals surface area (Å²) in [4.78, 5) is 8.80. The molecule has 1 aromatic heterocycles. The van der Waals surface area contributed by atoms with Crippen LogP contribution in [0.15, 0.2) is 35.6 Å². The molecule has 0 aliphatic carbocycles. The second-order valence-corrected chi connectivity index (χ2v) is 5.98. The molecular weight excluding hydrogens is 321 g/mol. The van der Waals surface area contributed by atoms with Crippen LogP contribution in [0.2, 0.25) is 0 Å². The molecule has 7 nitrogen and oxygen atoms in total. The zero-order valence-electron chi connectivity index (χ0n) is 14.5. The zero-order valence-corrected chi connectivity index (χ0v) is 14.5. The Morgan fingerprint density at radius 1 is 1.20 bits per heavy atom. The fourth-order valence-electron chi connectivity index (χ4n) is 2.96. The minimum absolute atomic E-state index is 0.210. The van der Waals surface area contributed by atoms with E-state index in [1.807, 2.05) is 16.7 Å². The molecule has 0 radical (unpaired) electrons. The molecule has 3 rings (SSSR count). The van der Waals surface area contributed by atoms with Gasteiger partial charge in [-0.05, 0) is 24.3 Å². The van der Waals surface area contributed by atoms with E-state index in [1.54, 1.807) is 6.33 Å². The van der Waals surface area contributed by atoms with Gasteiger partial charge in [-0.1, -0.05) is 6.92 Å². The molecule has 8 heteroatoms. The van der Waals surface area contributed by atoms with Crippen molar-refractivity contribution in [2.24, 2.45) is 10.7 Å². The van der Waals surface area contributed by atoms with E-state index in [4.69, 9.17) is 5.73 Å². The Balaban J connectivity index is 1.49. The molecule has 1 aliphatic heterocycles. The van der Waals surface area contributed by atoms with Gasteiger partial charge in [0.1, 0.15) is 18.0 Å². The van der Waals surface area contributed by atoms with Crippen molar-refractivity contribution in [3.8, 4) is 0 Å². The Hall–Kier alpha value is -2.64. The number of aliphatic imine (C=N–C) groups is 1. The van der Waals surface area contributed by atoms with E-state index >= 15 is 0 Å². The highest BCUT2D eigenvalue weighted by molar-refractivity contribution is 5.78. The number of halogens is 1. The molecule has 2 aromatic rings. The maximum absolute atomic E-state index is 13.0. The third kappa shape index (κ3) is 4.26. The first-order valence-electron chi connectivity index (χ1n) is 8.59. The predicted molar refractivity (Wildman–Crippen MR) is 96.1 cm³/mol. The number of aryl methyl sites for hydroxylation is 1. The summed E-state index contributed by atoms with van der Waals surface area (Å²) >= 11 is 0. The molecule has 1 saturated heterocycles. The number of hydrogen-bond donors (Lipinski definition) is 1. The first kappa shape index (κ1) is 17.2. The van der Waals surface area contributed by atoms with Gasteiger partial charge in [0, 0.05) is 44.8 Å². The smallest absolute Gasteiger partial charge is 0.191 e. The lowest BCUT2D eigenvalue weighted by molar-refractivity contribution is 0.380. The third-order valence-electron chi connectivity index (χ3n) is 4.42. The molecule has 0 atom stereocenters. The molecule has 0 saturated carbocycles. The highest BCUT2D eigenvalue weighted by Gasteiger charge is 2.18. The van der Waals surface area contributed by atoms with E-state index in [0.717, 1.165) is 50.7 Å². The largest absolute Gasteiger partial charge is 0.370 e. The van der Waals surface area contributed by atoms with E-state index in [-0.39, 0.29) is 5.82 Å². The first-order chi connectivity index (χ1) is 12.2. The summed E-state index contributed by atoms with van der Waals surface area (Å²) in [6.45, 7) is 6.68. The van der Waals surface area contributed by atoms with Crippen LogP contribution in [0.3, 0.4) is 0 Å². The fraction of sp³-hybridized carbons (Fsp3) is 0.471. The van der Waals surface area contributed by atoms with Crippen molar-refractivity contribution < 1.29 is 4.39 Å². The Morgan fingerprint density at radius 3 is 2.60 bits per heavy atom. The quantitative estimate of drug-likeness (QED) is 0.649. The van der Waals surface area contributed by atoms with Crippen LogP contribution in [0.5, 0.6) is 0 Å². The first-order valence-corrected chi connectivity index (χ1v) is 8.59. The minimum Gasteiger partial charge on any atom is -0.370 e. The summed E-state index contributed by atoms with van der Waals surface area (Å²) in [6, 6.07) is 6.61. The van der Waals surface area contributed by atoms with Gasteiger partial charge in [-0.15, -0.1) is 10.2 Å². The fourth-order valence-corrected chi connectivity index (χ4v) is 2.96. The molecule has 2 N–H and O–H groups in total. The normalized spacial score (nSPS) is 15.7.